The molecule has 98 valence electrons. The van der Waals surface area contributed by atoms with Crippen molar-refractivity contribution in [3.63, 3.8) is 0 Å². The van der Waals surface area contributed by atoms with Crippen molar-refractivity contribution >= 4 is 17.1 Å². The number of nitrogens with zero attached hydrogens (tertiary/aromatic N) is 3. The molecule has 1 aromatic carbocycles. The van der Waals surface area contributed by atoms with Gasteiger partial charge in [0.25, 0.3) is 6.01 Å². The highest BCUT2D eigenvalue weighted by molar-refractivity contribution is 5.74. The molecule has 6 heteroatoms. The van der Waals surface area contributed by atoms with Gasteiger partial charge < -0.3 is 14.3 Å². The summed E-state index contributed by atoms with van der Waals surface area (Å²) in [5.74, 6) is 1.16. The predicted octanol–water partition coefficient (Wildman–Crippen LogP) is 3.08. The normalized spacial score (nSPS) is 12.7. The Morgan fingerprint density at radius 3 is 2.79 bits per heavy atom. The molecule has 1 N–H and O–H groups in total. The Hall–Kier alpha value is -2.37. The van der Waals surface area contributed by atoms with Crippen molar-refractivity contribution in [2.24, 2.45) is 0 Å². The fourth-order valence-corrected chi connectivity index (χ4v) is 1.89. The zero-order valence-electron chi connectivity index (χ0n) is 10.8. The molecule has 1 unspecified atom stereocenters. The van der Waals surface area contributed by atoms with Gasteiger partial charge in [-0.2, -0.15) is 9.97 Å². The van der Waals surface area contributed by atoms with E-state index in [0.717, 1.165) is 17.5 Å². The first kappa shape index (κ1) is 11.7. The van der Waals surface area contributed by atoms with Gasteiger partial charge >= 0.3 is 0 Å². The summed E-state index contributed by atoms with van der Waals surface area (Å²) in [7, 11) is 0. The zero-order valence-corrected chi connectivity index (χ0v) is 10.8. The Bertz CT molecular complexity index is 656. The maximum Gasteiger partial charge on any atom is 0.296 e. The molecule has 3 rings (SSSR count). The highest BCUT2D eigenvalue weighted by Crippen LogP contribution is 2.23. The molecular formula is C13H14N4O2. The average Bonchev–Trinajstić information content (AvgIpc) is 3.01. The van der Waals surface area contributed by atoms with Crippen molar-refractivity contribution in [2.45, 2.75) is 26.3 Å². The summed E-state index contributed by atoms with van der Waals surface area (Å²) in [6.45, 7) is 3.80. The lowest BCUT2D eigenvalue weighted by Gasteiger charge is -2.10. The molecule has 0 saturated heterocycles. The number of hydrogen-bond acceptors (Lipinski definition) is 6. The molecule has 2 aromatic heterocycles. The van der Waals surface area contributed by atoms with Gasteiger partial charge in [0.1, 0.15) is 5.52 Å². The molecule has 19 heavy (non-hydrogen) atoms. The molecule has 0 amide bonds. The van der Waals surface area contributed by atoms with Crippen LogP contribution < -0.4 is 5.32 Å². The summed E-state index contributed by atoms with van der Waals surface area (Å²) >= 11 is 0. The number of benzene rings is 1. The summed E-state index contributed by atoms with van der Waals surface area (Å²) < 4.78 is 10.6. The number of aromatic nitrogens is 3. The van der Waals surface area contributed by atoms with Crippen LogP contribution in [0.15, 0.2) is 33.2 Å². The largest absolute Gasteiger partial charge is 0.424 e. The highest BCUT2D eigenvalue weighted by atomic mass is 16.5. The van der Waals surface area contributed by atoms with Crippen molar-refractivity contribution in [3.05, 3.63) is 36.0 Å². The standard InChI is InChI=1S/C13H14N4O2/c1-3-9(12-14-8(2)19-17-12)15-13-16-10-6-4-5-7-11(10)18-13/h4-7,9H,3H2,1-2H3,(H,15,16). The summed E-state index contributed by atoms with van der Waals surface area (Å²) in [6.07, 6.45) is 0.803. The molecule has 0 fully saturated rings. The van der Waals surface area contributed by atoms with Crippen LogP contribution in [0.4, 0.5) is 6.01 Å². The minimum Gasteiger partial charge on any atom is -0.424 e. The molecule has 0 radical (unpaired) electrons. The van der Waals surface area contributed by atoms with Gasteiger partial charge in [0.15, 0.2) is 11.4 Å². The number of rotatable bonds is 4. The molecule has 0 aliphatic carbocycles. The van der Waals surface area contributed by atoms with Gasteiger partial charge in [0, 0.05) is 6.92 Å². The number of hydrogen-bond donors (Lipinski definition) is 1. The van der Waals surface area contributed by atoms with Crippen LogP contribution >= 0.6 is 0 Å². The van der Waals surface area contributed by atoms with Crippen LogP contribution in [-0.2, 0) is 0 Å². The maximum absolute atomic E-state index is 5.62. The van der Waals surface area contributed by atoms with Crippen LogP contribution in [0, 0.1) is 6.92 Å². The third-order valence-corrected chi connectivity index (χ3v) is 2.85. The molecule has 2 heterocycles. The Labute approximate surface area is 109 Å². The van der Waals surface area contributed by atoms with Crippen LogP contribution in [-0.4, -0.2) is 15.1 Å². The monoisotopic (exact) mass is 258 g/mol. The van der Waals surface area contributed by atoms with Gasteiger partial charge in [-0.25, -0.2) is 0 Å². The first-order chi connectivity index (χ1) is 9.26. The number of oxazole rings is 1. The lowest BCUT2D eigenvalue weighted by Crippen LogP contribution is -2.11. The number of para-hydroxylation sites is 2. The Kier molecular flexibility index (Phi) is 2.91. The molecule has 1 atom stereocenters. The van der Waals surface area contributed by atoms with E-state index in [1.807, 2.05) is 31.2 Å². The van der Waals surface area contributed by atoms with E-state index in [1.54, 1.807) is 6.92 Å². The van der Waals surface area contributed by atoms with Crippen molar-refractivity contribution in [2.75, 3.05) is 5.32 Å². The fraction of sp³-hybridized carbons (Fsp3) is 0.308. The first-order valence-electron chi connectivity index (χ1n) is 6.18. The van der Waals surface area contributed by atoms with Crippen molar-refractivity contribution in [1.29, 1.82) is 0 Å². The molecule has 0 bridgehead atoms. The van der Waals surface area contributed by atoms with Gasteiger partial charge in [-0.1, -0.05) is 24.2 Å². The number of anilines is 1. The van der Waals surface area contributed by atoms with Crippen LogP contribution in [0.25, 0.3) is 11.1 Å². The number of aryl methyl sites for hydroxylation is 1. The molecule has 0 saturated carbocycles. The predicted molar refractivity (Wildman–Crippen MR) is 69.7 cm³/mol. The first-order valence-corrected chi connectivity index (χ1v) is 6.18. The number of fused-ring (bicyclic) bond motifs is 1. The SMILES string of the molecule is CCC(Nc1nc2ccccc2o1)c1noc(C)n1. The van der Waals surface area contributed by atoms with E-state index < -0.39 is 0 Å². The van der Waals surface area contributed by atoms with E-state index in [9.17, 15) is 0 Å². The smallest absolute Gasteiger partial charge is 0.296 e. The van der Waals surface area contributed by atoms with Crippen LogP contribution in [0.3, 0.4) is 0 Å². The van der Waals surface area contributed by atoms with E-state index in [2.05, 4.69) is 20.4 Å². The zero-order chi connectivity index (χ0) is 13.2. The van der Waals surface area contributed by atoms with Crippen LogP contribution in [0.2, 0.25) is 0 Å². The minimum absolute atomic E-state index is 0.0782. The lowest BCUT2D eigenvalue weighted by atomic mass is 10.2. The Morgan fingerprint density at radius 2 is 2.11 bits per heavy atom. The molecule has 3 aromatic rings. The van der Waals surface area contributed by atoms with E-state index in [4.69, 9.17) is 8.94 Å². The van der Waals surface area contributed by atoms with Crippen molar-refractivity contribution in [3.8, 4) is 0 Å². The summed E-state index contributed by atoms with van der Waals surface area (Å²) in [6, 6.07) is 8.02. The third kappa shape index (κ3) is 2.29. The fourth-order valence-electron chi connectivity index (χ4n) is 1.89. The topological polar surface area (TPSA) is 77.0 Å². The van der Waals surface area contributed by atoms with Crippen LogP contribution in [0.1, 0.15) is 31.1 Å². The Balaban J connectivity index is 1.86. The molecular weight excluding hydrogens is 244 g/mol. The maximum atomic E-state index is 5.62. The molecule has 6 nitrogen and oxygen atoms in total. The van der Waals surface area contributed by atoms with E-state index >= 15 is 0 Å². The van der Waals surface area contributed by atoms with E-state index in [1.165, 1.54) is 0 Å². The van der Waals surface area contributed by atoms with E-state index in [0.29, 0.717) is 17.7 Å². The van der Waals surface area contributed by atoms with Crippen molar-refractivity contribution < 1.29 is 8.94 Å². The molecule has 0 aliphatic rings. The van der Waals surface area contributed by atoms with Gasteiger partial charge in [-0.3, -0.25) is 0 Å². The number of nitrogens with one attached hydrogen (secondary N) is 1. The summed E-state index contributed by atoms with van der Waals surface area (Å²) in [5, 5.41) is 7.10. The quantitative estimate of drug-likeness (QED) is 0.774. The van der Waals surface area contributed by atoms with Gasteiger partial charge in [0.2, 0.25) is 5.89 Å². The summed E-state index contributed by atoms with van der Waals surface area (Å²) in [4.78, 5) is 8.59. The van der Waals surface area contributed by atoms with Gasteiger partial charge in [-0.05, 0) is 18.6 Å². The minimum atomic E-state index is -0.0782. The van der Waals surface area contributed by atoms with Crippen LogP contribution in [0.5, 0.6) is 0 Å². The highest BCUT2D eigenvalue weighted by Gasteiger charge is 2.17. The molecule has 0 spiro atoms. The second kappa shape index (κ2) is 4.72. The third-order valence-electron chi connectivity index (χ3n) is 2.85. The summed E-state index contributed by atoms with van der Waals surface area (Å²) in [5.41, 5.74) is 1.58. The van der Waals surface area contributed by atoms with Crippen molar-refractivity contribution in [1.82, 2.24) is 15.1 Å². The second-order valence-electron chi connectivity index (χ2n) is 4.26. The Morgan fingerprint density at radius 1 is 1.26 bits per heavy atom. The van der Waals surface area contributed by atoms with Gasteiger partial charge in [0.05, 0.1) is 6.04 Å². The average molecular weight is 258 g/mol. The van der Waals surface area contributed by atoms with Gasteiger partial charge in [-0.15, -0.1) is 0 Å². The van der Waals surface area contributed by atoms with E-state index in [-0.39, 0.29) is 6.04 Å². The molecule has 0 aliphatic heterocycles. The second-order valence-corrected chi connectivity index (χ2v) is 4.26. The lowest BCUT2D eigenvalue weighted by molar-refractivity contribution is 0.383.